The molecule has 0 aliphatic carbocycles. The average molecular weight is 453 g/mol. The number of ether oxygens (including phenoxy) is 2. The zero-order valence-corrected chi connectivity index (χ0v) is 19.5. The molecule has 168 valence electrons. The quantitative estimate of drug-likeness (QED) is 0.279. The Hall–Kier alpha value is -3.06. The third-order valence-electron chi connectivity index (χ3n) is 4.73. The van der Waals surface area contributed by atoms with Crippen LogP contribution in [0.3, 0.4) is 0 Å². The Morgan fingerprint density at radius 2 is 1.91 bits per heavy atom. The number of carbonyl (C=O) groups is 2. The third kappa shape index (κ3) is 6.01. The van der Waals surface area contributed by atoms with E-state index in [1.54, 1.807) is 36.1 Å². The summed E-state index contributed by atoms with van der Waals surface area (Å²) in [5.41, 5.74) is 1.95. The van der Waals surface area contributed by atoms with Gasteiger partial charge in [-0.3, -0.25) is 9.69 Å². The maximum atomic E-state index is 12.9. The fourth-order valence-electron chi connectivity index (χ4n) is 3.04. The van der Waals surface area contributed by atoms with Gasteiger partial charge in [-0.2, -0.15) is 0 Å². The van der Waals surface area contributed by atoms with E-state index in [-0.39, 0.29) is 11.9 Å². The Balaban J connectivity index is 1.78. The fourth-order valence-corrected chi connectivity index (χ4v) is 4.11. The highest BCUT2D eigenvalue weighted by Gasteiger charge is 2.32. The first-order valence-corrected chi connectivity index (χ1v) is 11.7. The molecule has 0 bridgehead atoms. The van der Waals surface area contributed by atoms with E-state index in [1.807, 2.05) is 37.3 Å². The highest BCUT2D eigenvalue weighted by Crippen LogP contribution is 2.34. The molecule has 32 heavy (non-hydrogen) atoms. The molecule has 1 fully saturated rings. The average Bonchev–Trinajstić information content (AvgIpc) is 3.09. The molecule has 1 heterocycles. The van der Waals surface area contributed by atoms with Gasteiger partial charge in [0.2, 0.25) is 0 Å². The van der Waals surface area contributed by atoms with Gasteiger partial charge in [0, 0.05) is 6.54 Å². The number of unbranched alkanes of at least 4 members (excludes halogenated alkanes) is 1. The first kappa shape index (κ1) is 23.6. The van der Waals surface area contributed by atoms with E-state index in [0.29, 0.717) is 41.1 Å². The lowest BCUT2D eigenvalue weighted by molar-refractivity contribution is -0.122. The highest BCUT2D eigenvalue weighted by atomic mass is 32.2. The van der Waals surface area contributed by atoms with Crippen molar-refractivity contribution in [1.82, 2.24) is 4.90 Å². The molecule has 0 spiro atoms. The van der Waals surface area contributed by atoms with Gasteiger partial charge in [-0.05, 0) is 74.0 Å². The molecule has 7 heteroatoms. The van der Waals surface area contributed by atoms with Crippen LogP contribution in [-0.4, -0.2) is 41.7 Å². The van der Waals surface area contributed by atoms with Crippen molar-refractivity contribution in [1.29, 1.82) is 0 Å². The summed E-state index contributed by atoms with van der Waals surface area (Å²) < 4.78 is 10.8. The van der Waals surface area contributed by atoms with Crippen molar-refractivity contribution in [3.05, 3.63) is 64.6 Å². The van der Waals surface area contributed by atoms with Crippen LogP contribution < -0.4 is 4.74 Å². The number of thioether (sulfide) groups is 1. The van der Waals surface area contributed by atoms with Crippen LogP contribution in [0.25, 0.3) is 6.08 Å². The van der Waals surface area contributed by atoms with Crippen molar-refractivity contribution in [2.24, 2.45) is 4.99 Å². The molecule has 0 atom stereocenters. The second-order valence-electron chi connectivity index (χ2n) is 7.10. The number of aliphatic imine (C=N–C) groups is 1. The summed E-state index contributed by atoms with van der Waals surface area (Å²) >= 11 is 1.33. The Bertz CT molecular complexity index is 1010. The van der Waals surface area contributed by atoms with E-state index in [0.717, 1.165) is 24.2 Å². The molecular weight excluding hydrogens is 424 g/mol. The van der Waals surface area contributed by atoms with Crippen LogP contribution in [0.15, 0.2) is 58.4 Å². The highest BCUT2D eigenvalue weighted by molar-refractivity contribution is 8.18. The van der Waals surface area contributed by atoms with Crippen molar-refractivity contribution in [2.75, 3.05) is 19.8 Å². The van der Waals surface area contributed by atoms with Gasteiger partial charge in [-0.25, -0.2) is 9.79 Å². The summed E-state index contributed by atoms with van der Waals surface area (Å²) in [6.07, 6.45) is 3.98. The molecule has 2 aromatic rings. The number of esters is 1. The Kier molecular flexibility index (Phi) is 8.50. The zero-order valence-electron chi connectivity index (χ0n) is 18.7. The van der Waals surface area contributed by atoms with E-state index < -0.39 is 0 Å². The predicted octanol–water partition coefficient (Wildman–Crippen LogP) is 5.67. The van der Waals surface area contributed by atoms with E-state index >= 15 is 0 Å². The van der Waals surface area contributed by atoms with Crippen LogP contribution in [0.1, 0.15) is 49.5 Å². The van der Waals surface area contributed by atoms with Crippen LogP contribution in [0, 0.1) is 0 Å². The van der Waals surface area contributed by atoms with Gasteiger partial charge in [0.25, 0.3) is 5.91 Å². The number of likely N-dealkylation sites (N-methyl/N-ethyl adjacent to an activating group) is 1. The van der Waals surface area contributed by atoms with E-state index in [4.69, 9.17) is 9.47 Å². The lowest BCUT2D eigenvalue weighted by Gasteiger charge is -2.12. The van der Waals surface area contributed by atoms with Gasteiger partial charge < -0.3 is 9.47 Å². The molecule has 3 rings (SSSR count). The van der Waals surface area contributed by atoms with Gasteiger partial charge in [0.05, 0.1) is 29.4 Å². The molecule has 0 radical (unpaired) electrons. The zero-order chi connectivity index (χ0) is 22.9. The summed E-state index contributed by atoms with van der Waals surface area (Å²) in [6.45, 7) is 7.32. The van der Waals surface area contributed by atoms with E-state index in [2.05, 4.69) is 11.9 Å². The molecule has 0 unspecified atom stereocenters. The van der Waals surface area contributed by atoms with Crippen LogP contribution >= 0.6 is 11.8 Å². The maximum Gasteiger partial charge on any atom is 0.338 e. The smallest absolute Gasteiger partial charge is 0.338 e. The summed E-state index contributed by atoms with van der Waals surface area (Å²) in [7, 11) is 0. The minimum Gasteiger partial charge on any atom is -0.494 e. The van der Waals surface area contributed by atoms with Crippen molar-refractivity contribution >= 4 is 40.6 Å². The molecular formula is C25H28N2O4S. The topological polar surface area (TPSA) is 68.2 Å². The van der Waals surface area contributed by atoms with Crippen LogP contribution in [-0.2, 0) is 9.53 Å². The van der Waals surface area contributed by atoms with E-state index in [1.165, 1.54) is 11.8 Å². The standard InChI is InChI=1S/C25H28N2O4S/c1-4-7-15-31-21-13-11-18(12-14-21)16-22-23(28)27(5-2)25(32-22)26-20-10-8-9-19(17-20)24(29)30-6-3/h8-14,16-17H,4-7,15H2,1-3H3. The van der Waals surface area contributed by atoms with Gasteiger partial charge >= 0.3 is 5.97 Å². The van der Waals surface area contributed by atoms with Gasteiger partial charge in [0.15, 0.2) is 5.17 Å². The van der Waals surface area contributed by atoms with Crippen molar-refractivity contribution < 1.29 is 19.1 Å². The third-order valence-corrected chi connectivity index (χ3v) is 5.74. The predicted molar refractivity (Wildman–Crippen MR) is 129 cm³/mol. The number of rotatable bonds is 9. The first-order chi connectivity index (χ1) is 15.5. The molecule has 6 nitrogen and oxygen atoms in total. The van der Waals surface area contributed by atoms with Gasteiger partial charge in [-0.15, -0.1) is 0 Å². The molecule has 0 aromatic heterocycles. The Morgan fingerprint density at radius 3 is 2.59 bits per heavy atom. The minimum atomic E-state index is -0.389. The molecule has 1 amide bonds. The number of amidine groups is 1. The molecule has 0 N–H and O–H groups in total. The molecule has 1 aliphatic rings. The molecule has 1 saturated heterocycles. The normalized spacial score (nSPS) is 16.1. The number of hydrogen-bond donors (Lipinski definition) is 0. The summed E-state index contributed by atoms with van der Waals surface area (Å²) in [5, 5.41) is 0.587. The number of amides is 1. The first-order valence-electron chi connectivity index (χ1n) is 10.9. The number of hydrogen-bond acceptors (Lipinski definition) is 6. The maximum absolute atomic E-state index is 12.9. The SMILES string of the molecule is CCCCOc1ccc(C=C2SC(=Nc3cccc(C(=O)OCC)c3)N(CC)C2=O)cc1. The number of benzene rings is 2. The Morgan fingerprint density at radius 1 is 1.12 bits per heavy atom. The second kappa shape index (κ2) is 11.5. The largest absolute Gasteiger partial charge is 0.494 e. The summed E-state index contributed by atoms with van der Waals surface area (Å²) in [5.74, 6) is 0.353. The van der Waals surface area contributed by atoms with Gasteiger partial charge in [-0.1, -0.05) is 31.5 Å². The number of carbonyl (C=O) groups excluding carboxylic acids is 2. The van der Waals surface area contributed by atoms with Crippen molar-refractivity contribution in [3.63, 3.8) is 0 Å². The van der Waals surface area contributed by atoms with E-state index in [9.17, 15) is 9.59 Å². The van der Waals surface area contributed by atoms with Crippen LogP contribution in [0.5, 0.6) is 5.75 Å². The van der Waals surface area contributed by atoms with Gasteiger partial charge in [0.1, 0.15) is 5.75 Å². The summed E-state index contributed by atoms with van der Waals surface area (Å²) in [4.78, 5) is 31.8. The second-order valence-corrected chi connectivity index (χ2v) is 8.11. The lowest BCUT2D eigenvalue weighted by Crippen LogP contribution is -2.28. The fraction of sp³-hybridized carbons (Fsp3) is 0.320. The molecule has 2 aromatic carbocycles. The molecule has 0 saturated carbocycles. The Labute approximate surface area is 193 Å². The van der Waals surface area contributed by atoms with Crippen molar-refractivity contribution in [3.8, 4) is 5.75 Å². The summed E-state index contributed by atoms with van der Waals surface area (Å²) in [6, 6.07) is 14.6. The lowest BCUT2D eigenvalue weighted by atomic mass is 10.2. The van der Waals surface area contributed by atoms with Crippen LogP contribution in [0.4, 0.5) is 5.69 Å². The number of nitrogens with zero attached hydrogens (tertiary/aromatic N) is 2. The van der Waals surface area contributed by atoms with Crippen LogP contribution in [0.2, 0.25) is 0 Å². The molecule has 1 aliphatic heterocycles. The monoisotopic (exact) mass is 452 g/mol. The minimum absolute atomic E-state index is 0.0823. The van der Waals surface area contributed by atoms with Crippen molar-refractivity contribution in [2.45, 2.75) is 33.6 Å².